The van der Waals surface area contributed by atoms with Crippen LogP contribution in [0.1, 0.15) is 49.8 Å². The number of hydrazine groups is 1. The number of hydrogen-bond acceptors (Lipinski definition) is 5. The quantitative estimate of drug-likeness (QED) is 0.570. The number of carbonyl (C=O) groups excluding carboxylic acids is 3. The van der Waals surface area contributed by atoms with Gasteiger partial charge in [-0.25, -0.2) is 5.43 Å². The average Bonchev–Trinajstić information content (AvgIpc) is 3.21. The number of unbranched alkanes of at least 4 members (excludes halogenated alkanes) is 2. The van der Waals surface area contributed by atoms with Gasteiger partial charge in [0.1, 0.15) is 5.70 Å². The summed E-state index contributed by atoms with van der Waals surface area (Å²) < 4.78 is 0. The van der Waals surface area contributed by atoms with Gasteiger partial charge in [-0.1, -0.05) is 56.0 Å². The molecule has 3 amide bonds. The van der Waals surface area contributed by atoms with E-state index in [1.807, 2.05) is 11.1 Å². The van der Waals surface area contributed by atoms with Crippen molar-refractivity contribution in [1.29, 1.82) is 0 Å². The van der Waals surface area contributed by atoms with Gasteiger partial charge in [-0.3, -0.25) is 19.4 Å². The van der Waals surface area contributed by atoms with Crippen molar-refractivity contribution in [2.24, 2.45) is 0 Å². The largest absolute Gasteiger partial charge is 0.347 e. The van der Waals surface area contributed by atoms with Gasteiger partial charge in [-0.05, 0) is 25.0 Å². The van der Waals surface area contributed by atoms with E-state index in [0.29, 0.717) is 12.2 Å². The van der Waals surface area contributed by atoms with Gasteiger partial charge >= 0.3 is 0 Å². The number of carbonyl (C=O) groups is 3. The highest BCUT2D eigenvalue weighted by molar-refractivity contribution is 5.97. The first-order valence-electron chi connectivity index (χ1n) is 11.4. The molecule has 174 valence electrons. The predicted octanol–water partition coefficient (Wildman–Crippen LogP) is 1.74. The standard InChI is InChI=1S/C24H35N5O3/c1-5-6-7-8-19-15-28(16-22(30)25-14-23(31)27(3)4)24(32)21-13-20(26-29(19)21)18-11-9-17(2)10-12-18/h9-13,19-20,26H,5-8,14-16H2,1-4H3,(H,25,30). The Morgan fingerprint density at radius 3 is 2.56 bits per heavy atom. The Morgan fingerprint density at radius 1 is 1.19 bits per heavy atom. The molecule has 1 aromatic rings. The van der Waals surface area contributed by atoms with Crippen molar-refractivity contribution in [2.45, 2.75) is 51.6 Å². The molecule has 0 bridgehead atoms. The lowest BCUT2D eigenvalue weighted by atomic mass is 10.0. The number of benzene rings is 1. The van der Waals surface area contributed by atoms with Crippen LogP contribution in [-0.2, 0) is 14.4 Å². The van der Waals surface area contributed by atoms with Crippen molar-refractivity contribution >= 4 is 17.7 Å². The molecule has 8 heteroatoms. The number of likely N-dealkylation sites (N-methyl/N-ethyl adjacent to an activating group) is 1. The molecular weight excluding hydrogens is 406 g/mol. The smallest absolute Gasteiger partial charge is 0.271 e. The number of hydrogen-bond donors (Lipinski definition) is 2. The number of amides is 3. The fraction of sp³-hybridized carbons (Fsp3) is 0.542. The third-order valence-electron chi connectivity index (χ3n) is 6.01. The highest BCUT2D eigenvalue weighted by Gasteiger charge is 2.41. The van der Waals surface area contributed by atoms with E-state index in [4.69, 9.17) is 0 Å². The van der Waals surface area contributed by atoms with Crippen molar-refractivity contribution in [3.63, 3.8) is 0 Å². The predicted molar refractivity (Wildman–Crippen MR) is 123 cm³/mol. The van der Waals surface area contributed by atoms with E-state index < -0.39 is 0 Å². The Labute approximate surface area is 190 Å². The molecule has 2 aliphatic heterocycles. The SMILES string of the molecule is CCCCCC1CN(CC(=O)NCC(=O)N(C)C)C(=O)C2=CC(c3ccc(C)cc3)NN21. The van der Waals surface area contributed by atoms with Crippen LogP contribution in [-0.4, -0.2) is 72.3 Å². The van der Waals surface area contributed by atoms with Gasteiger partial charge in [-0.2, -0.15) is 0 Å². The summed E-state index contributed by atoms with van der Waals surface area (Å²) in [5.41, 5.74) is 6.39. The van der Waals surface area contributed by atoms with Crippen LogP contribution in [0.15, 0.2) is 36.0 Å². The molecule has 1 fully saturated rings. The Hall–Kier alpha value is -2.87. The second kappa shape index (κ2) is 10.6. The highest BCUT2D eigenvalue weighted by Crippen LogP contribution is 2.32. The third-order valence-corrected chi connectivity index (χ3v) is 6.01. The third kappa shape index (κ3) is 5.68. The number of piperazine rings is 1. The average molecular weight is 442 g/mol. The van der Waals surface area contributed by atoms with E-state index in [1.54, 1.807) is 19.0 Å². The lowest BCUT2D eigenvalue weighted by Gasteiger charge is -2.41. The summed E-state index contributed by atoms with van der Waals surface area (Å²) in [7, 11) is 3.28. The maximum absolute atomic E-state index is 13.2. The van der Waals surface area contributed by atoms with Crippen LogP contribution in [0, 0.1) is 6.92 Å². The molecule has 1 saturated heterocycles. The molecule has 0 aliphatic carbocycles. The van der Waals surface area contributed by atoms with Gasteiger partial charge in [0.05, 0.1) is 25.2 Å². The Morgan fingerprint density at radius 2 is 1.91 bits per heavy atom. The summed E-state index contributed by atoms with van der Waals surface area (Å²) >= 11 is 0. The van der Waals surface area contributed by atoms with Crippen LogP contribution in [0.3, 0.4) is 0 Å². The van der Waals surface area contributed by atoms with Crippen LogP contribution in [0.4, 0.5) is 0 Å². The van der Waals surface area contributed by atoms with E-state index in [-0.39, 0.29) is 42.9 Å². The number of fused-ring (bicyclic) bond motifs is 1. The van der Waals surface area contributed by atoms with Crippen LogP contribution < -0.4 is 10.7 Å². The van der Waals surface area contributed by atoms with Crippen molar-refractivity contribution in [2.75, 3.05) is 33.7 Å². The molecule has 3 rings (SSSR count). The Bertz CT molecular complexity index is 865. The van der Waals surface area contributed by atoms with Crippen molar-refractivity contribution in [3.8, 4) is 0 Å². The fourth-order valence-corrected chi connectivity index (χ4v) is 4.05. The molecule has 2 heterocycles. The molecule has 8 nitrogen and oxygen atoms in total. The minimum absolute atomic E-state index is 0.0514. The lowest BCUT2D eigenvalue weighted by Crippen LogP contribution is -2.58. The number of rotatable bonds is 9. The number of aryl methyl sites for hydroxylation is 1. The second-order valence-corrected chi connectivity index (χ2v) is 8.84. The minimum Gasteiger partial charge on any atom is -0.347 e. The fourth-order valence-electron chi connectivity index (χ4n) is 4.05. The topological polar surface area (TPSA) is 85.0 Å². The molecule has 0 radical (unpaired) electrons. The van der Waals surface area contributed by atoms with Gasteiger partial charge in [0.2, 0.25) is 11.8 Å². The first-order chi connectivity index (χ1) is 15.3. The van der Waals surface area contributed by atoms with Crippen LogP contribution in [0.25, 0.3) is 0 Å². The van der Waals surface area contributed by atoms with Crippen LogP contribution in [0.2, 0.25) is 0 Å². The summed E-state index contributed by atoms with van der Waals surface area (Å²) in [6.45, 7) is 4.57. The molecular formula is C24H35N5O3. The lowest BCUT2D eigenvalue weighted by molar-refractivity contribution is -0.139. The van der Waals surface area contributed by atoms with Gasteiger partial charge < -0.3 is 15.1 Å². The number of nitrogens with zero attached hydrogens (tertiary/aromatic N) is 3. The molecule has 2 N–H and O–H groups in total. The number of nitrogens with one attached hydrogen (secondary N) is 2. The zero-order valence-electron chi connectivity index (χ0n) is 19.6. The summed E-state index contributed by atoms with van der Waals surface area (Å²) in [4.78, 5) is 40.4. The van der Waals surface area contributed by atoms with Crippen LogP contribution in [0.5, 0.6) is 0 Å². The first kappa shape index (κ1) is 23.8. The molecule has 0 aromatic heterocycles. The molecule has 2 atom stereocenters. The molecule has 0 spiro atoms. The maximum atomic E-state index is 13.2. The maximum Gasteiger partial charge on any atom is 0.271 e. The zero-order valence-corrected chi connectivity index (χ0v) is 19.6. The molecule has 2 unspecified atom stereocenters. The van der Waals surface area contributed by atoms with Gasteiger partial charge in [0.15, 0.2) is 0 Å². The van der Waals surface area contributed by atoms with Crippen molar-refractivity contribution < 1.29 is 14.4 Å². The monoisotopic (exact) mass is 441 g/mol. The molecule has 0 saturated carbocycles. The van der Waals surface area contributed by atoms with Crippen LogP contribution >= 0.6 is 0 Å². The Balaban J connectivity index is 1.73. The van der Waals surface area contributed by atoms with Gasteiger partial charge in [0.25, 0.3) is 5.91 Å². The minimum atomic E-state index is -0.323. The first-order valence-corrected chi connectivity index (χ1v) is 11.4. The summed E-state index contributed by atoms with van der Waals surface area (Å²) in [5, 5.41) is 4.63. The Kier molecular flexibility index (Phi) is 7.90. The van der Waals surface area contributed by atoms with E-state index in [1.165, 1.54) is 10.5 Å². The van der Waals surface area contributed by atoms with E-state index in [0.717, 1.165) is 31.2 Å². The molecule has 2 aliphatic rings. The molecule has 1 aromatic carbocycles. The highest BCUT2D eigenvalue weighted by atomic mass is 16.2. The van der Waals surface area contributed by atoms with Gasteiger partial charge in [0, 0.05) is 20.6 Å². The van der Waals surface area contributed by atoms with E-state index in [2.05, 4.69) is 48.9 Å². The summed E-state index contributed by atoms with van der Waals surface area (Å²) in [6.07, 6.45) is 6.21. The normalized spacial score (nSPS) is 20.1. The zero-order chi connectivity index (χ0) is 23.3. The van der Waals surface area contributed by atoms with Crippen molar-refractivity contribution in [1.82, 2.24) is 25.6 Å². The van der Waals surface area contributed by atoms with E-state index in [9.17, 15) is 14.4 Å². The molecule has 32 heavy (non-hydrogen) atoms. The second-order valence-electron chi connectivity index (χ2n) is 8.84. The van der Waals surface area contributed by atoms with Gasteiger partial charge in [-0.15, -0.1) is 0 Å². The van der Waals surface area contributed by atoms with E-state index >= 15 is 0 Å². The summed E-state index contributed by atoms with van der Waals surface area (Å²) in [6, 6.07) is 8.31. The van der Waals surface area contributed by atoms with Crippen molar-refractivity contribution in [3.05, 3.63) is 47.2 Å². The summed E-state index contributed by atoms with van der Waals surface area (Å²) in [5.74, 6) is -0.667.